The van der Waals surface area contributed by atoms with Crippen LogP contribution in [0.2, 0.25) is 0 Å². The summed E-state index contributed by atoms with van der Waals surface area (Å²) in [7, 11) is -3.27. The SMILES string of the molecule is O=S(=O)(Nc1ccc(-c2cn(-c3ccccc3)nc2-c2ccncc2)cc1)C1CC1. The van der Waals surface area contributed by atoms with E-state index in [-0.39, 0.29) is 5.25 Å². The summed E-state index contributed by atoms with van der Waals surface area (Å²) in [4.78, 5) is 4.10. The number of sulfonamides is 1. The van der Waals surface area contributed by atoms with Crippen molar-refractivity contribution in [3.8, 4) is 28.1 Å². The predicted molar refractivity (Wildman–Crippen MR) is 118 cm³/mol. The number of hydrogen-bond donors (Lipinski definition) is 1. The Bertz CT molecular complexity index is 1260. The second-order valence-corrected chi connectivity index (χ2v) is 9.29. The Labute approximate surface area is 175 Å². The second kappa shape index (κ2) is 7.42. The van der Waals surface area contributed by atoms with Crippen LogP contribution in [0.5, 0.6) is 0 Å². The lowest BCUT2D eigenvalue weighted by atomic mass is 10.0. The van der Waals surface area contributed by atoms with Gasteiger partial charge in [0.25, 0.3) is 0 Å². The predicted octanol–water partition coefficient (Wildman–Crippen LogP) is 4.51. The molecule has 0 atom stereocenters. The quantitative estimate of drug-likeness (QED) is 0.502. The van der Waals surface area contributed by atoms with Crippen molar-refractivity contribution in [2.75, 3.05) is 4.72 Å². The molecule has 150 valence electrons. The van der Waals surface area contributed by atoms with Crippen LogP contribution in [0.25, 0.3) is 28.1 Å². The molecule has 1 aliphatic rings. The summed E-state index contributed by atoms with van der Waals surface area (Å²) in [5.41, 5.74) is 5.26. The minimum Gasteiger partial charge on any atom is -0.283 e. The number of hydrogen-bond acceptors (Lipinski definition) is 4. The van der Waals surface area contributed by atoms with Crippen LogP contribution in [0.4, 0.5) is 5.69 Å². The topological polar surface area (TPSA) is 76.9 Å². The van der Waals surface area contributed by atoms with Gasteiger partial charge >= 0.3 is 0 Å². The van der Waals surface area contributed by atoms with Crippen molar-refractivity contribution in [2.24, 2.45) is 0 Å². The molecule has 5 rings (SSSR count). The standard InChI is InChI=1S/C23H20N4O2S/c28-30(29,21-10-11-21)26-19-8-6-17(7-9-19)22-16-27(20-4-2-1-3-5-20)25-23(22)18-12-14-24-15-13-18/h1-9,12-16,21,26H,10-11H2. The van der Waals surface area contributed by atoms with E-state index in [4.69, 9.17) is 5.10 Å². The molecule has 6 nitrogen and oxygen atoms in total. The zero-order valence-corrected chi connectivity index (χ0v) is 17.0. The van der Waals surface area contributed by atoms with Gasteiger partial charge in [0.15, 0.2) is 0 Å². The van der Waals surface area contributed by atoms with Crippen molar-refractivity contribution in [3.63, 3.8) is 0 Å². The number of nitrogens with zero attached hydrogens (tertiary/aromatic N) is 3. The Morgan fingerprint density at radius 3 is 2.23 bits per heavy atom. The van der Waals surface area contributed by atoms with Gasteiger partial charge in [0.05, 0.1) is 10.9 Å². The summed E-state index contributed by atoms with van der Waals surface area (Å²) in [6.07, 6.45) is 6.96. The third-order valence-corrected chi connectivity index (χ3v) is 6.98. The third kappa shape index (κ3) is 3.71. The van der Waals surface area contributed by atoms with E-state index in [1.54, 1.807) is 24.5 Å². The molecule has 1 fully saturated rings. The first-order valence-electron chi connectivity index (χ1n) is 9.78. The molecule has 4 aromatic rings. The molecular weight excluding hydrogens is 396 g/mol. The third-order valence-electron chi connectivity index (χ3n) is 5.11. The smallest absolute Gasteiger partial charge is 0.235 e. The van der Waals surface area contributed by atoms with Crippen molar-refractivity contribution in [1.82, 2.24) is 14.8 Å². The van der Waals surface area contributed by atoms with Crippen LogP contribution in [0.15, 0.2) is 85.3 Å². The summed E-state index contributed by atoms with van der Waals surface area (Å²) < 4.78 is 28.9. The maximum absolute atomic E-state index is 12.2. The first-order valence-corrected chi connectivity index (χ1v) is 11.3. The van der Waals surface area contributed by atoms with E-state index in [1.165, 1.54) is 0 Å². The first-order chi connectivity index (χ1) is 14.6. The van der Waals surface area contributed by atoms with E-state index in [9.17, 15) is 8.42 Å². The van der Waals surface area contributed by atoms with E-state index < -0.39 is 10.0 Å². The van der Waals surface area contributed by atoms with Crippen LogP contribution in [-0.4, -0.2) is 28.4 Å². The molecule has 0 spiro atoms. The molecule has 2 aromatic heterocycles. The summed E-state index contributed by atoms with van der Waals surface area (Å²) in [6, 6.07) is 21.2. The van der Waals surface area contributed by atoms with E-state index >= 15 is 0 Å². The van der Waals surface area contributed by atoms with E-state index in [0.717, 1.165) is 40.9 Å². The molecule has 0 amide bonds. The molecule has 0 saturated heterocycles. The Balaban J connectivity index is 1.53. The Morgan fingerprint density at radius 2 is 1.57 bits per heavy atom. The Morgan fingerprint density at radius 1 is 0.867 bits per heavy atom. The van der Waals surface area contributed by atoms with Gasteiger partial charge in [-0.05, 0) is 54.8 Å². The van der Waals surface area contributed by atoms with Crippen LogP contribution in [-0.2, 0) is 10.0 Å². The average molecular weight is 417 g/mol. The highest BCUT2D eigenvalue weighted by Crippen LogP contribution is 2.33. The molecule has 1 N–H and O–H groups in total. The highest BCUT2D eigenvalue weighted by atomic mass is 32.2. The van der Waals surface area contributed by atoms with E-state index in [2.05, 4.69) is 9.71 Å². The number of nitrogens with one attached hydrogen (secondary N) is 1. The van der Waals surface area contributed by atoms with Crippen molar-refractivity contribution >= 4 is 15.7 Å². The van der Waals surface area contributed by atoms with Gasteiger partial charge in [0.2, 0.25) is 10.0 Å². The van der Waals surface area contributed by atoms with Crippen molar-refractivity contribution < 1.29 is 8.42 Å². The summed E-state index contributed by atoms with van der Waals surface area (Å²) in [5, 5.41) is 4.57. The number of rotatable bonds is 6. The maximum atomic E-state index is 12.2. The minimum absolute atomic E-state index is 0.250. The number of para-hydroxylation sites is 1. The fourth-order valence-corrected chi connectivity index (χ4v) is 4.75. The monoisotopic (exact) mass is 416 g/mol. The molecule has 1 aliphatic carbocycles. The highest BCUT2D eigenvalue weighted by molar-refractivity contribution is 7.93. The van der Waals surface area contributed by atoms with E-state index in [0.29, 0.717) is 5.69 Å². The molecule has 0 radical (unpaired) electrons. The van der Waals surface area contributed by atoms with Gasteiger partial charge in [-0.1, -0.05) is 30.3 Å². The number of benzene rings is 2. The molecule has 0 aliphatic heterocycles. The lowest BCUT2D eigenvalue weighted by Crippen LogP contribution is -2.17. The minimum atomic E-state index is -3.27. The van der Waals surface area contributed by atoms with Gasteiger partial charge in [-0.15, -0.1) is 0 Å². The molecule has 0 unspecified atom stereocenters. The van der Waals surface area contributed by atoms with Crippen molar-refractivity contribution in [1.29, 1.82) is 0 Å². The lowest BCUT2D eigenvalue weighted by molar-refractivity contribution is 0.600. The van der Waals surface area contributed by atoms with Crippen LogP contribution < -0.4 is 4.72 Å². The fourth-order valence-electron chi connectivity index (χ4n) is 3.36. The largest absolute Gasteiger partial charge is 0.283 e. The molecular formula is C23H20N4O2S. The molecule has 30 heavy (non-hydrogen) atoms. The number of pyridine rings is 1. The van der Waals surface area contributed by atoms with Crippen molar-refractivity contribution in [3.05, 3.63) is 85.3 Å². The second-order valence-electron chi connectivity index (χ2n) is 7.33. The number of aromatic nitrogens is 3. The van der Waals surface area contributed by atoms with Crippen LogP contribution in [0, 0.1) is 0 Å². The maximum Gasteiger partial charge on any atom is 0.235 e. The van der Waals surface area contributed by atoms with E-state index in [1.807, 2.05) is 65.5 Å². The molecule has 7 heteroatoms. The molecule has 1 saturated carbocycles. The molecule has 2 heterocycles. The van der Waals surface area contributed by atoms with Gasteiger partial charge in [-0.25, -0.2) is 13.1 Å². The fraction of sp³-hybridized carbons (Fsp3) is 0.130. The normalized spacial score (nSPS) is 13.9. The van der Waals surface area contributed by atoms with Crippen LogP contribution >= 0.6 is 0 Å². The zero-order chi connectivity index (χ0) is 20.6. The number of anilines is 1. The summed E-state index contributed by atoms with van der Waals surface area (Å²) in [5.74, 6) is 0. The van der Waals surface area contributed by atoms with Gasteiger partial charge in [-0.3, -0.25) is 9.71 Å². The summed E-state index contributed by atoms with van der Waals surface area (Å²) >= 11 is 0. The summed E-state index contributed by atoms with van der Waals surface area (Å²) in [6.45, 7) is 0. The van der Waals surface area contributed by atoms with Crippen LogP contribution in [0.1, 0.15) is 12.8 Å². The Hall–Kier alpha value is -3.45. The van der Waals surface area contributed by atoms with Crippen molar-refractivity contribution in [2.45, 2.75) is 18.1 Å². The van der Waals surface area contributed by atoms with Crippen LogP contribution in [0.3, 0.4) is 0 Å². The van der Waals surface area contributed by atoms with Gasteiger partial charge < -0.3 is 0 Å². The Kier molecular flexibility index (Phi) is 4.59. The molecule has 0 bridgehead atoms. The first kappa shape index (κ1) is 18.6. The lowest BCUT2D eigenvalue weighted by Gasteiger charge is -2.08. The highest BCUT2D eigenvalue weighted by Gasteiger charge is 2.35. The zero-order valence-electron chi connectivity index (χ0n) is 16.1. The van der Waals surface area contributed by atoms with Gasteiger partial charge in [0.1, 0.15) is 5.69 Å². The molecule has 2 aromatic carbocycles. The van der Waals surface area contributed by atoms with Gasteiger partial charge in [0, 0.05) is 35.4 Å². The van der Waals surface area contributed by atoms with Gasteiger partial charge in [-0.2, -0.15) is 5.10 Å². The average Bonchev–Trinajstić information content (AvgIpc) is 3.55.